The smallest absolute Gasteiger partial charge is 0.305 e. The first-order valence-corrected chi connectivity index (χ1v) is 12.6. The van der Waals surface area contributed by atoms with Crippen molar-refractivity contribution in [2.24, 2.45) is 0 Å². The van der Waals surface area contributed by atoms with Crippen LogP contribution in [0.3, 0.4) is 0 Å². The summed E-state index contributed by atoms with van der Waals surface area (Å²) in [5.74, 6) is -1.16. The van der Waals surface area contributed by atoms with Crippen molar-refractivity contribution in [2.75, 3.05) is 36.5 Å². The van der Waals surface area contributed by atoms with Crippen LogP contribution >= 0.6 is 23.2 Å². The highest BCUT2D eigenvalue weighted by Crippen LogP contribution is 2.37. The highest BCUT2D eigenvalue weighted by molar-refractivity contribution is 6.34. The second kappa shape index (κ2) is 12.3. The second-order valence-electron chi connectivity index (χ2n) is 8.50. The van der Waals surface area contributed by atoms with E-state index in [-0.39, 0.29) is 28.2 Å². The summed E-state index contributed by atoms with van der Waals surface area (Å²) in [5.41, 5.74) is 1.59. The monoisotopic (exact) mass is 545 g/mol. The molecule has 0 N–H and O–H groups in total. The minimum absolute atomic E-state index is 0.0258. The first-order valence-electron chi connectivity index (χ1n) is 11.9. The minimum atomic E-state index is -0.660. The Hall–Kier alpha value is -3.36. The van der Waals surface area contributed by atoms with Crippen molar-refractivity contribution in [3.63, 3.8) is 0 Å². The highest BCUT2D eigenvalue weighted by atomic mass is 35.5. The van der Waals surface area contributed by atoms with Crippen LogP contribution in [0.15, 0.2) is 54.7 Å². The Labute approximate surface area is 224 Å². The van der Waals surface area contributed by atoms with Crippen LogP contribution in [0.2, 0.25) is 10.0 Å². The van der Waals surface area contributed by atoms with Crippen LogP contribution in [0, 0.1) is 5.82 Å². The Balaban J connectivity index is 1.53. The summed E-state index contributed by atoms with van der Waals surface area (Å²) in [7, 11) is 1.39. The molecule has 0 spiro atoms. The number of methoxy groups -OCH3 is 1. The number of aromatic nitrogens is 1. The van der Waals surface area contributed by atoms with Crippen molar-refractivity contribution in [1.82, 2.24) is 4.98 Å². The first kappa shape index (κ1) is 26.7. The van der Waals surface area contributed by atoms with Crippen LogP contribution < -0.4 is 14.5 Å². The van der Waals surface area contributed by atoms with Gasteiger partial charge in [-0.2, -0.15) is 0 Å². The molecule has 194 valence electrons. The van der Waals surface area contributed by atoms with Crippen LogP contribution in [0.25, 0.3) is 0 Å². The van der Waals surface area contributed by atoms with Gasteiger partial charge in [-0.15, -0.1) is 0 Å². The zero-order valence-electron chi connectivity index (χ0n) is 20.3. The molecule has 0 aliphatic carbocycles. The number of carbonyl (C=O) groups excluding carboxylic acids is 2. The van der Waals surface area contributed by atoms with Crippen LogP contribution in [0.4, 0.5) is 15.8 Å². The molecule has 0 unspecified atom stereocenters. The molecule has 1 aliphatic heterocycles. The van der Waals surface area contributed by atoms with Gasteiger partial charge >= 0.3 is 5.97 Å². The summed E-state index contributed by atoms with van der Waals surface area (Å²) < 4.78 is 24.7. The largest absolute Gasteiger partial charge is 0.469 e. The van der Waals surface area contributed by atoms with Gasteiger partial charge in [0.05, 0.1) is 29.7 Å². The quantitative estimate of drug-likeness (QED) is 0.225. The van der Waals surface area contributed by atoms with Crippen molar-refractivity contribution >= 4 is 46.5 Å². The van der Waals surface area contributed by atoms with Gasteiger partial charge < -0.3 is 19.3 Å². The third kappa shape index (κ3) is 6.50. The number of anilines is 2. The Bertz CT molecular complexity index is 1290. The van der Waals surface area contributed by atoms with E-state index >= 15 is 0 Å². The van der Waals surface area contributed by atoms with Crippen molar-refractivity contribution in [1.29, 1.82) is 0 Å². The SMILES string of the molecule is COC(=O)CCCCCN1CCN(C(=O)c2cc(F)cnc2Oc2cc(Cl)ccc2Cl)c2ccccc21. The molecule has 7 nitrogen and oxygen atoms in total. The van der Waals surface area contributed by atoms with Gasteiger partial charge in [0.15, 0.2) is 0 Å². The van der Waals surface area contributed by atoms with E-state index in [0.29, 0.717) is 30.2 Å². The van der Waals surface area contributed by atoms with Gasteiger partial charge in [-0.3, -0.25) is 9.59 Å². The van der Waals surface area contributed by atoms with E-state index < -0.39 is 11.7 Å². The minimum Gasteiger partial charge on any atom is -0.469 e. The summed E-state index contributed by atoms with van der Waals surface area (Å²) in [6, 6.07) is 13.4. The lowest BCUT2D eigenvalue weighted by Gasteiger charge is -2.38. The van der Waals surface area contributed by atoms with E-state index in [1.165, 1.54) is 13.2 Å². The number of pyridine rings is 1. The Morgan fingerprint density at radius 2 is 1.81 bits per heavy atom. The molecule has 0 saturated heterocycles. The molecule has 4 rings (SSSR count). The van der Waals surface area contributed by atoms with E-state index in [0.717, 1.165) is 43.8 Å². The maximum atomic E-state index is 14.2. The molecule has 2 heterocycles. The molecule has 0 fully saturated rings. The van der Waals surface area contributed by atoms with E-state index in [2.05, 4.69) is 14.6 Å². The number of hydrogen-bond donors (Lipinski definition) is 0. The molecule has 2 aromatic carbocycles. The van der Waals surface area contributed by atoms with Crippen molar-refractivity contribution in [2.45, 2.75) is 25.7 Å². The molecular weight excluding hydrogens is 520 g/mol. The molecule has 1 aliphatic rings. The first-order chi connectivity index (χ1) is 17.9. The number of ether oxygens (including phenoxy) is 2. The molecule has 0 atom stereocenters. The maximum absolute atomic E-state index is 14.2. The fourth-order valence-corrected chi connectivity index (χ4v) is 4.50. The number of hydrogen-bond acceptors (Lipinski definition) is 6. The van der Waals surface area contributed by atoms with E-state index in [1.54, 1.807) is 17.0 Å². The van der Waals surface area contributed by atoms with E-state index in [9.17, 15) is 14.0 Å². The predicted molar refractivity (Wildman–Crippen MR) is 142 cm³/mol. The normalized spacial score (nSPS) is 12.8. The van der Waals surface area contributed by atoms with Crippen molar-refractivity contribution < 1.29 is 23.5 Å². The third-order valence-corrected chi connectivity index (χ3v) is 6.58. The number of para-hydroxylation sites is 2. The third-order valence-electron chi connectivity index (χ3n) is 6.04. The Morgan fingerprint density at radius 1 is 1.03 bits per heavy atom. The van der Waals surface area contributed by atoms with Gasteiger partial charge in [0.25, 0.3) is 5.91 Å². The molecule has 0 saturated carbocycles. The Morgan fingerprint density at radius 3 is 2.59 bits per heavy atom. The highest BCUT2D eigenvalue weighted by Gasteiger charge is 2.30. The Kier molecular flexibility index (Phi) is 8.84. The van der Waals surface area contributed by atoms with Crippen LogP contribution in [-0.4, -0.2) is 43.6 Å². The molecule has 0 bridgehead atoms. The lowest BCUT2D eigenvalue weighted by molar-refractivity contribution is -0.140. The summed E-state index contributed by atoms with van der Waals surface area (Å²) in [4.78, 5) is 32.8. The van der Waals surface area contributed by atoms with Crippen molar-refractivity contribution in [3.05, 3.63) is 76.2 Å². The number of benzene rings is 2. The van der Waals surface area contributed by atoms with Crippen LogP contribution in [-0.2, 0) is 9.53 Å². The number of rotatable bonds is 9. The van der Waals surface area contributed by atoms with Gasteiger partial charge in [-0.25, -0.2) is 9.37 Å². The number of esters is 1. The molecule has 0 radical (unpaired) electrons. The summed E-state index contributed by atoms with van der Waals surface area (Å²) in [6.45, 7) is 1.77. The number of amides is 1. The fraction of sp³-hybridized carbons (Fsp3) is 0.296. The summed E-state index contributed by atoms with van der Waals surface area (Å²) in [5, 5.41) is 0.671. The standard InChI is InChI=1S/C27H26Cl2FN3O4/c1-36-25(34)9-3-2-6-12-32-13-14-33(23-8-5-4-7-22(23)32)27(35)20-16-19(30)17-31-26(20)37-24-15-18(28)10-11-21(24)29/h4-5,7-8,10-11,15-17H,2-3,6,9,12-14H2,1H3. The molecular formula is C27H26Cl2FN3O4. The van der Waals surface area contributed by atoms with Gasteiger partial charge in [0, 0.05) is 37.1 Å². The van der Waals surface area contributed by atoms with Gasteiger partial charge in [0.2, 0.25) is 5.88 Å². The molecule has 1 aromatic heterocycles. The molecule has 3 aromatic rings. The van der Waals surface area contributed by atoms with Crippen LogP contribution in [0.1, 0.15) is 36.0 Å². The van der Waals surface area contributed by atoms with E-state index in [1.807, 2.05) is 24.3 Å². The zero-order valence-corrected chi connectivity index (χ0v) is 21.8. The van der Waals surface area contributed by atoms with Gasteiger partial charge in [0.1, 0.15) is 17.1 Å². The number of nitrogens with zero attached hydrogens (tertiary/aromatic N) is 3. The topological polar surface area (TPSA) is 72.0 Å². The lowest BCUT2D eigenvalue weighted by atomic mass is 10.1. The van der Waals surface area contributed by atoms with Gasteiger partial charge in [-0.05, 0) is 43.2 Å². The number of unbranched alkanes of at least 4 members (excludes halogenated alkanes) is 2. The number of fused-ring (bicyclic) bond motifs is 1. The molecule has 1 amide bonds. The average Bonchev–Trinajstić information content (AvgIpc) is 2.91. The molecule has 37 heavy (non-hydrogen) atoms. The summed E-state index contributed by atoms with van der Waals surface area (Å²) >= 11 is 12.3. The second-order valence-corrected chi connectivity index (χ2v) is 9.35. The van der Waals surface area contributed by atoms with Crippen molar-refractivity contribution in [3.8, 4) is 11.6 Å². The van der Waals surface area contributed by atoms with E-state index in [4.69, 9.17) is 27.9 Å². The lowest BCUT2D eigenvalue weighted by Crippen LogP contribution is -2.44. The number of carbonyl (C=O) groups is 2. The molecule has 10 heteroatoms. The van der Waals surface area contributed by atoms with Gasteiger partial charge in [-0.1, -0.05) is 41.8 Å². The maximum Gasteiger partial charge on any atom is 0.305 e. The van der Waals surface area contributed by atoms with Crippen LogP contribution in [0.5, 0.6) is 11.6 Å². The average molecular weight is 546 g/mol. The summed E-state index contributed by atoms with van der Waals surface area (Å²) in [6.07, 6.45) is 3.93. The fourth-order valence-electron chi connectivity index (χ4n) is 4.18. The predicted octanol–water partition coefficient (Wildman–Crippen LogP) is 6.52. The zero-order chi connectivity index (χ0) is 26.4. The number of halogens is 3.